The summed E-state index contributed by atoms with van der Waals surface area (Å²) in [6.45, 7) is 6.79. The van der Waals surface area contributed by atoms with Gasteiger partial charge in [0.15, 0.2) is 11.3 Å². The lowest BCUT2D eigenvalue weighted by Crippen LogP contribution is -2.49. The van der Waals surface area contributed by atoms with Gasteiger partial charge < -0.3 is 9.80 Å². The number of rotatable bonds is 4. The minimum atomic E-state index is -0.101. The largest absolute Gasteiger partial charge is 0.368 e. The van der Waals surface area contributed by atoms with Gasteiger partial charge in [-0.3, -0.25) is 4.79 Å². The highest BCUT2D eigenvalue weighted by atomic mass is 35.5. The van der Waals surface area contributed by atoms with Gasteiger partial charge in [0, 0.05) is 36.9 Å². The first-order chi connectivity index (χ1) is 16.1. The van der Waals surface area contributed by atoms with E-state index < -0.39 is 0 Å². The van der Waals surface area contributed by atoms with Crippen LogP contribution in [0.3, 0.4) is 0 Å². The maximum atomic E-state index is 13.3. The second-order valence-corrected chi connectivity index (χ2v) is 8.60. The molecule has 1 amide bonds. The molecule has 0 spiro atoms. The molecule has 7 nitrogen and oxygen atoms in total. The Morgan fingerprint density at radius 1 is 0.970 bits per heavy atom. The van der Waals surface area contributed by atoms with E-state index in [2.05, 4.69) is 34.2 Å². The Labute approximate surface area is 197 Å². The van der Waals surface area contributed by atoms with Crippen LogP contribution in [0.2, 0.25) is 5.02 Å². The van der Waals surface area contributed by atoms with Crippen molar-refractivity contribution in [2.24, 2.45) is 0 Å². The number of anilines is 1. The lowest BCUT2D eigenvalue weighted by molar-refractivity contribution is 0.0738. The predicted octanol–water partition coefficient (Wildman–Crippen LogP) is 4.28. The Morgan fingerprint density at radius 3 is 2.33 bits per heavy atom. The number of hydrogen-bond acceptors (Lipinski definition) is 5. The first-order valence-corrected chi connectivity index (χ1v) is 11.5. The van der Waals surface area contributed by atoms with Gasteiger partial charge in [0.25, 0.3) is 5.91 Å². The van der Waals surface area contributed by atoms with Gasteiger partial charge in [-0.05, 0) is 43.2 Å². The molecule has 4 aromatic rings. The summed E-state index contributed by atoms with van der Waals surface area (Å²) >= 11 is 6.07. The first kappa shape index (κ1) is 21.4. The van der Waals surface area contributed by atoms with Gasteiger partial charge in [-0.15, -0.1) is 10.2 Å². The number of fused-ring (bicyclic) bond motifs is 1. The highest BCUT2D eigenvalue weighted by molar-refractivity contribution is 6.30. The summed E-state index contributed by atoms with van der Waals surface area (Å²) in [7, 11) is 0. The number of piperazine rings is 1. The Morgan fingerprint density at radius 2 is 1.67 bits per heavy atom. The van der Waals surface area contributed by atoms with E-state index in [0.717, 1.165) is 36.3 Å². The van der Waals surface area contributed by atoms with Gasteiger partial charge in [0.05, 0.1) is 17.0 Å². The van der Waals surface area contributed by atoms with Crippen molar-refractivity contribution >= 4 is 28.8 Å². The molecule has 168 valence electrons. The van der Waals surface area contributed by atoms with Crippen LogP contribution in [0.5, 0.6) is 0 Å². The normalized spacial score (nSPS) is 14.2. The summed E-state index contributed by atoms with van der Waals surface area (Å²) in [6.07, 6.45) is 0.742. The number of aromatic nitrogens is 4. The van der Waals surface area contributed by atoms with Crippen molar-refractivity contribution < 1.29 is 4.79 Å². The second-order valence-electron chi connectivity index (χ2n) is 8.17. The van der Waals surface area contributed by atoms with Gasteiger partial charge in [0.1, 0.15) is 0 Å². The maximum absolute atomic E-state index is 13.3. The molecule has 3 heterocycles. The number of benzene rings is 2. The van der Waals surface area contributed by atoms with Crippen molar-refractivity contribution in [3.05, 3.63) is 76.7 Å². The molecule has 0 unspecified atom stereocenters. The summed E-state index contributed by atoms with van der Waals surface area (Å²) in [5.41, 5.74) is 5.71. The third-order valence-corrected chi connectivity index (χ3v) is 6.45. The lowest BCUT2D eigenvalue weighted by atomic mass is 10.0. The Bertz CT molecular complexity index is 1290. The number of carbonyl (C=O) groups excluding carboxylic acids is 1. The minimum Gasteiger partial charge on any atom is -0.368 e. The molecular formula is C25H25ClN6O. The van der Waals surface area contributed by atoms with Crippen LogP contribution < -0.4 is 4.90 Å². The molecule has 2 aromatic carbocycles. The average molecular weight is 461 g/mol. The van der Waals surface area contributed by atoms with Crippen molar-refractivity contribution in [1.82, 2.24) is 24.7 Å². The van der Waals surface area contributed by atoms with E-state index in [0.29, 0.717) is 35.1 Å². The Kier molecular flexibility index (Phi) is 5.72. The molecular weight excluding hydrogens is 436 g/mol. The van der Waals surface area contributed by atoms with E-state index in [-0.39, 0.29) is 5.91 Å². The van der Waals surface area contributed by atoms with Crippen molar-refractivity contribution in [1.29, 1.82) is 0 Å². The van der Waals surface area contributed by atoms with Crippen LogP contribution in [0.4, 0.5) is 5.69 Å². The lowest BCUT2D eigenvalue weighted by Gasteiger charge is -2.36. The Hall–Kier alpha value is -3.45. The quantitative estimate of drug-likeness (QED) is 0.454. The third kappa shape index (κ3) is 3.93. The van der Waals surface area contributed by atoms with Crippen LogP contribution in [-0.2, 0) is 6.42 Å². The Balaban J connectivity index is 1.43. The molecule has 33 heavy (non-hydrogen) atoms. The van der Waals surface area contributed by atoms with Crippen LogP contribution in [0.1, 0.15) is 28.8 Å². The predicted molar refractivity (Wildman–Crippen MR) is 130 cm³/mol. The summed E-state index contributed by atoms with van der Waals surface area (Å²) in [4.78, 5) is 17.5. The van der Waals surface area contributed by atoms with Gasteiger partial charge >= 0.3 is 0 Å². The topological polar surface area (TPSA) is 66.6 Å². The maximum Gasteiger partial charge on any atom is 0.276 e. The fourth-order valence-electron chi connectivity index (χ4n) is 4.36. The summed E-state index contributed by atoms with van der Waals surface area (Å²) in [6, 6.07) is 17.9. The monoisotopic (exact) mass is 460 g/mol. The van der Waals surface area contributed by atoms with Crippen LogP contribution >= 0.6 is 11.6 Å². The molecule has 1 saturated heterocycles. The van der Waals surface area contributed by atoms with E-state index in [1.807, 2.05) is 54.3 Å². The number of aryl methyl sites for hydroxylation is 2. The van der Waals surface area contributed by atoms with Crippen molar-refractivity contribution in [2.45, 2.75) is 20.3 Å². The molecule has 8 heteroatoms. The fourth-order valence-corrected chi connectivity index (χ4v) is 4.49. The van der Waals surface area contributed by atoms with Gasteiger partial charge in [-0.1, -0.05) is 48.9 Å². The first-order valence-electron chi connectivity index (χ1n) is 11.2. The number of hydrogen-bond donors (Lipinski definition) is 0. The molecule has 2 aromatic heterocycles. The number of carbonyl (C=O) groups is 1. The van der Waals surface area contributed by atoms with Crippen LogP contribution in [0, 0.1) is 6.92 Å². The third-order valence-electron chi connectivity index (χ3n) is 6.20. The zero-order chi connectivity index (χ0) is 22.9. The average Bonchev–Trinajstić information content (AvgIpc) is 3.25. The standard InChI is InChI=1S/C25H25ClN6O/c1-3-21-22(18-9-11-19(26)12-10-18)24-28-27-23(17(2)32(24)29-21)25(33)31-15-13-30(14-16-31)20-7-5-4-6-8-20/h4-12H,3,13-16H2,1-2H3. The molecule has 0 aliphatic carbocycles. The van der Waals surface area contributed by atoms with Gasteiger partial charge in [-0.2, -0.15) is 5.10 Å². The molecule has 0 bridgehead atoms. The smallest absolute Gasteiger partial charge is 0.276 e. The van der Waals surface area contributed by atoms with Crippen LogP contribution in [-0.4, -0.2) is 56.8 Å². The molecule has 5 rings (SSSR count). The molecule has 0 N–H and O–H groups in total. The fraction of sp³-hybridized carbons (Fsp3) is 0.280. The van der Waals surface area contributed by atoms with E-state index in [1.165, 1.54) is 5.69 Å². The number of halogens is 1. The molecule has 1 fully saturated rings. The molecule has 0 saturated carbocycles. The van der Waals surface area contributed by atoms with Crippen molar-refractivity contribution in [3.63, 3.8) is 0 Å². The molecule has 1 aliphatic heterocycles. The van der Waals surface area contributed by atoms with Crippen LogP contribution in [0.15, 0.2) is 54.6 Å². The van der Waals surface area contributed by atoms with E-state index in [1.54, 1.807) is 4.52 Å². The van der Waals surface area contributed by atoms with Gasteiger partial charge in [-0.25, -0.2) is 4.52 Å². The van der Waals surface area contributed by atoms with Crippen molar-refractivity contribution in [2.75, 3.05) is 31.1 Å². The van der Waals surface area contributed by atoms with Crippen molar-refractivity contribution in [3.8, 4) is 11.1 Å². The molecule has 1 aliphatic rings. The van der Waals surface area contributed by atoms with E-state index >= 15 is 0 Å². The summed E-state index contributed by atoms with van der Waals surface area (Å²) in [5, 5.41) is 14.3. The second kappa shape index (κ2) is 8.83. The number of para-hydroxylation sites is 1. The summed E-state index contributed by atoms with van der Waals surface area (Å²) in [5.74, 6) is -0.101. The van der Waals surface area contributed by atoms with E-state index in [9.17, 15) is 4.79 Å². The minimum absolute atomic E-state index is 0.101. The zero-order valence-electron chi connectivity index (χ0n) is 18.7. The molecule has 0 radical (unpaired) electrons. The van der Waals surface area contributed by atoms with E-state index in [4.69, 9.17) is 16.7 Å². The highest BCUT2D eigenvalue weighted by Gasteiger charge is 2.27. The zero-order valence-corrected chi connectivity index (χ0v) is 19.5. The molecule has 0 atom stereocenters. The number of amides is 1. The highest BCUT2D eigenvalue weighted by Crippen LogP contribution is 2.30. The van der Waals surface area contributed by atoms with Gasteiger partial charge in [0.2, 0.25) is 0 Å². The summed E-state index contributed by atoms with van der Waals surface area (Å²) < 4.78 is 1.75. The number of nitrogens with zero attached hydrogens (tertiary/aromatic N) is 6. The SMILES string of the molecule is CCc1nn2c(C)c(C(=O)N3CCN(c4ccccc4)CC3)nnc2c1-c1ccc(Cl)cc1. The van der Waals surface area contributed by atoms with Crippen LogP contribution in [0.25, 0.3) is 16.8 Å².